The summed E-state index contributed by atoms with van der Waals surface area (Å²) in [7, 11) is 0. The van der Waals surface area contributed by atoms with E-state index in [0.29, 0.717) is 43.0 Å². The molecule has 4 nitrogen and oxygen atoms in total. The SMILES string of the molecule is O=C(CCc1ccccc1)c1cccc(-c2cnc3c(c2)N(Cc2cc(Cl)ccc2C(F)(F)F)CCN3)c1. The van der Waals surface area contributed by atoms with Crippen molar-refractivity contribution >= 4 is 28.9 Å². The van der Waals surface area contributed by atoms with Crippen LogP contribution in [0.2, 0.25) is 5.02 Å². The number of benzene rings is 3. The maximum absolute atomic E-state index is 13.7. The number of halogens is 4. The van der Waals surface area contributed by atoms with E-state index in [2.05, 4.69) is 10.3 Å². The van der Waals surface area contributed by atoms with Gasteiger partial charge in [0.25, 0.3) is 0 Å². The number of hydrogen-bond acceptors (Lipinski definition) is 4. The van der Waals surface area contributed by atoms with Gasteiger partial charge in [0.2, 0.25) is 0 Å². The van der Waals surface area contributed by atoms with Crippen LogP contribution in [0.25, 0.3) is 11.1 Å². The molecule has 0 aliphatic carbocycles. The molecule has 3 aromatic carbocycles. The normalized spacial score (nSPS) is 13.1. The molecule has 4 aromatic rings. The highest BCUT2D eigenvalue weighted by molar-refractivity contribution is 6.30. The Kier molecular flexibility index (Phi) is 7.38. The third-order valence-corrected chi connectivity index (χ3v) is 6.85. The molecule has 0 atom stereocenters. The standard InChI is InChI=1S/C30H25ClF3N3O/c31-25-10-11-26(30(32,33)34)24(16-25)19-37-14-13-35-29-27(37)17-23(18-36-29)21-7-4-8-22(15-21)28(38)12-9-20-5-2-1-3-6-20/h1-8,10-11,15-18H,9,12-14,19H2,(H,35,36). The van der Waals surface area contributed by atoms with E-state index in [-0.39, 0.29) is 22.9 Å². The molecule has 0 amide bonds. The van der Waals surface area contributed by atoms with Gasteiger partial charge in [-0.15, -0.1) is 0 Å². The van der Waals surface area contributed by atoms with Crippen molar-refractivity contribution in [3.63, 3.8) is 0 Å². The van der Waals surface area contributed by atoms with Gasteiger partial charge >= 0.3 is 6.18 Å². The number of carbonyl (C=O) groups is 1. The van der Waals surface area contributed by atoms with Gasteiger partial charge in [0.05, 0.1) is 11.3 Å². The molecular weight excluding hydrogens is 511 g/mol. The van der Waals surface area contributed by atoms with Crippen LogP contribution >= 0.6 is 11.6 Å². The number of hydrogen-bond donors (Lipinski definition) is 1. The Balaban J connectivity index is 1.40. The first-order valence-electron chi connectivity index (χ1n) is 12.3. The van der Waals surface area contributed by atoms with Crippen LogP contribution in [-0.2, 0) is 19.1 Å². The molecule has 0 fully saturated rings. The number of aromatic nitrogens is 1. The Morgan fingerprint density at radius 2 is 1.79 bits per heavy atom. The number of aryl methyl sites for hydroxylation is 1. The molecule has 1 aliphatic heterocycles. The van der Waals surface area contributed by atoms with E-state index >= 15 is 0 Å². The molecule has 1 aromatic heterocycles. The smallest absolute Gasteiger partial charge is 0.367 e. The summed E-state index contributed by atoms with van der Waals surface area (Å²) in [5.41, 5.74) is 3.41. The lowest BCUT2D eigenvalue weighted by molar-refractivity contribution is -0.138. The van der Waals surface area contributed by atoms with Crippen LogP contribution in [0.5, 0.6) is 0 Å². The summed E-state index contributed by atoms with van der Waals surface area (Å²) in [5, 5.41) is 3.47. The first-order chi connectivity index (χ1) is 18.3. The van der Waals surface area contributed by atoms with E-state index in [4.69, 9.17) is 11.6 Å². The van der Waals surface area contributed by atoms with Crippen molar-refractivity contribution in [2.45, 2.75) is 25.6 Å². The second kappa shape index (κ2) is 10.9. The lowest BCUT2D eigenvalue weighted by atomic mass is 9.98. The van der Waals surface area contributed by atoms with Crippen molar-refractivity contribution < 1.29 is 18.0 Å². The number of ketones is 1. The van der Waals surface area contributed by atoms with Crippen LogP contribution in [0.3, 0.4) is 0 Å². The van der Waals surface area contributed by atoms with Gasteiger partial charge in [-0.3, -0.25) is 4.79 Å². The number of rotatable bonds is 7. The number of pyridine rings is 1. The van der Waals surface area contributed by atoms with Crippen LogP contribution in [0.1, 0.15) is 33.5 Å². The molecule has 5 rings (SSSR count). The van der Waals surface area contributed by atoms with Gasteiger partial charge in [0, 0.05) is 48.4 Å². The lowest BCUT2D eigenvalue weighted by Gasteiger charge is -2.32. The Labute approximate surface area is 224 Å². The molecular formula is C30H25ClF3N3O. The fraction of sp³-hybridized carbons (Fsp3) is 0.200. The minimum Gasteiger partial charge on any atom is -0.367 e. The van der Waals surface area contributed by atoms with Crippen LogP contribution < -0.4 is 10.2 Å². The van der Waals surface area contributed by atoms with E-state index in [1.54, 1.807) is 12.3 Å². The average Bonchev–Trinajstić information content (AvgIpc) is 2.92. The highest BCUT2D eigenvalue weighted by Gasteiger charge is 2.34. The molecule has 1 N–H and O–H groups in total. The number of alkyl halides is 3. The first kappa shape index (κ1) is 25.8. The van der Waals surface area contributed by atoms with Crippen LogP contribution in [0.4, 0.5) is 24.7 Å². The lowest BCUT2D eigenvalue weighted by Crippen LogP contribution is -2.34. The molecule has 1 aliphatic rings. The summed E-state index contributed by atoms with van der Waals surface area (Å²) in [5.74, 6) is 0.649. The summed E-state index contributed by atoms with van der Waals surface area (Å²) >= 11 is 6.05. The van der Waals surface area contributed by atoms with Crippen molar-refractivity contribution in [3.8, 4) is 11.1 Å². The molecule has 2 heterocycles. The molecule has 194 valence electrons. The number of fused-ring (bicyclic) bond motifs is 1. The summed E-state index contributed by atoms with van der Waals surface area (Å²) in [4.78, 5) is 19.3. The van der Waals surface area contributed by atoms with E-state index in [0.717, 1.165) is 22.8 Å². The van der Waals surface area contributed by atoms with Gasteiger partial charge in [-0.2, -0.15) is 13.2 Å². The first-order valence-corrected chi connectivity index (χ1v) is 12.7. The molecule has 8 heteroatoms. The van der Waals surface area contributed by atoms with E-state index in [1.165, 1.54) is 12.1 Å². The Bertz CT molecular complexity index is 1460. The number of nitrogens with zero attached hydrogens (tertiary/aromatic N) is 2. The van der Waals surface area contributed by atoms with Gasteiger partial charge < -0.3 is 10.2 Å². The molecule has 0 unspecified atom stereocenters. The van der Waals surface area contributed by atoms with Crippen molar-refractivity contribution in [3.05, 3.63) is 112 Å². The zero-order valence-electron chi connectivity index (χ0n) is 20.4. The topological polar surface area (TPSA) is 45.2 Å². The summed E-state index contributed by atoms with van der Waals surface area (Å²) < 4.78 is 41.0. The molecule has 0 saturated carbocycles. The zero-order valence-corrected chi connectivity index (χ0v) is 21.2. The number of nitrogens with one attached hydrogen (secondary N) is 1. The number of carbonyl (C=O) groups excluding carboxylic acids is 1. The number of anilines is 2. The van der Waals surface area contributed by atoms with Crippen molar-refractivity contribution in [1.29, 1.82) is 0 Å². The fourth-order valence-corrected chi connectivity index (χ4v) is 4.87. The molecule has 0 spiro atoms. The maximum atomic E-state index is 13.7. The monoisotopic (exact) mass is 535 g/mol. The fourth-order valence-electron chi connectivity index (χ4n) is 4.68. The minimum absolute atomic E-state index is 0.0349. The highest BCUT2D eigenvalue weighted by Crippen LogP contribution is 2.37. The minimum atomic E-state index is -4.48. The van der Waals surface area contributed by atoms with Crippen molar-refractivity contribution in [1.82, 2.24) is 4.98 Å². The van der Waals surface area contributed by atoms with Gasteiger partial charge in [0.1, 0.15) is 5.82 Å². The molecule has 38 heavy (non-hydrogen) atoms. The summed E-state index contributed by atoms with van der Waals surface area (Å²) in [6, 6.07) is 22.8. The number of Topliss-reactive ketones (excluding diaryl/α,β-unsaturated/α-hetero) is 1. The summed E-state index contributed by atoms with van der Waals surface area (Å²) in [6.45, 7) is 1.08. The predicted molar refractivity (Wildman–Crippen MR) is 145 cm³/mol. The van der Waals surface area contributed by atoms with Gasteiger partial charge in [-0.25, -0.2) is 4.98 Å². The molecule has 0 bridgehead atoms. The van der Waals surface area contributed by atoms with Crippen molar-refractivity contribution in [2.75, 3.05) is 23.3 Å². The molecule has 0 saturated heterocycles. The Hall–Kier alpha value is -3.84. The van der Waals surface area contributed by atoms with E-state index in [1.807, 2.05) is 59.5 Å². The van der Waals surface area contributed by atoms with Gasteiger partial charge in [-0.1, -0.05) is 60.1 Å². The van der Waals surface area contributed by atoms with Gasteiger partial charge in [-0.05, 0) is 53.4 Å². The third kappa shape index (κ3) is 5.83. The van der Waals surface area contributed by atoms with Crippen LogP contribution in [-0.4, -0.2) is 23.9 Å². The summed E-state index contributed by atoms with van der Waals surface area (Å²) in [6.07, 6.45) is -1.71. The highest BCUT2D eigenvalue weighted by atomic mass is 35.5. The Morgan fingerprint density at radius 1 is 0.974 bits per heavy atom. The van der Waals surface area contributed by atoms with E-state index in [9.17, 15) is 18.0 Å². The zero-order chi connectivity index (χ0) is 26.7. The quantitative estimate of drug-likeness (QED) is 0.247. The van der Waals surface area contributed by atoms with Gasteiger partial charge in [0.15, 0.2) is 5.78 Å². The van der Waals surface area contributed by atoms with Crippen LogP contribution in [0, 0.1) is 0 Å². The second-order valence-electron chi connectivity index (χ2n) is 9.23. The maximum Gasteiger partial charge on any atom is 0.416 e. The Morgan fingerprint density at radius 3 is 2.58 bits per heavy atom. The second-order valence-corrected chi connectivity index (χ2v) is 9.67. The average molecular weight is 536 g/mol. The predicted octanol–water partition coefficient (Wildman–Crippen LogP) is 7.67. The molecule has 0 radical (unpaired) electrons. The largest absolute Gasteiger partial charge is 0.416 e. The van der Waals surface area contributed by atoms with Crippen molar-refractivity contribution in [2.24, 2.45) is 0 Å². The van der Waals surface area contributed by atoms with E-state index < -0.39 is 11.7 Å². The third-order valence-electron chi connectivity index (χ3n) is 6.62. The van der Waals surface area contributed by atoms with Crippen LogP contribution in [0.15, 0.2) is 85.1 Å².